The number of alkyl carbamates (subject to hydrolysis) is 1. The molecule has 1 saturated carbocycles. The first-order valence-corrected chi connectivity index (χ1v) is 11.5. The molecule has 3 fully saturated rings. The highest BCUT2D eigenvalue weighted by atomic mass is 16.6. The molecule has 1 amide bonds. The van der Waals surface area contributed by atoms with Crippen molar-refractivity contribution in [2.45, 2.75) is 76.0 Å². The van der Waals surface area contributed by atoms with Gasteiger partial charge < -0.3 is 30.0 Å². The van der Waals surface area contributed by atoms with E-state index in [2.05, 4.69) is 32.2 Å². The van der Waals surface area contributed by atoms with Gasteiger partial charge in [-0.1, -0.05) is 23.8 Å². The van der Waals surface area contributed by atoms with Crippen molar-refractivity contribution < 1.29 is 23.7 Å². The van der Waals surface area contributed by atoms with Crippen LogP contribution >= 0.6 is 0 Å². The van der Waals surface area contributed by atoms with E-state index in [9.17, 15) is 4.79 Å². The summed E-state index contributed by atoms with van der Waals surface area (Å²) in [6, 6.07) is 7.65. The van der Waals surface area contributed by atoms with Gasteiger partial charge in [-0.2, -0.15) is 0 Å². The highest BCUT2D eigenvalue weighted by Crippen LogP contribution is 2.59. The summed E-state index contributed by atoms with van der Waals surface area (Å²) >= 11 is 0. The van der Waals surface area contributed by atoms with Gasteiger partial charge in [-0.15, -0.1) is 0 Å². The third kappa shape index (κ3) is 4.80. The zero-order chi connectivity index (χ0) is 22.9. The highest BCUT2D eigenvalue weighted by molar-refractivity contribution is 5.67. The predicted molar refractivity (Wildman–Crippen MR) is 122 cm³/mol. The van der Waals surface area contributed by atoms with Crippen molar-refractivity contribution in [2.24, 2.45) is 5.92 Å². The van der Waals surface area contributed by atoms with Crippen LogP contribution in [0.3, 0.4) is 0 Å². The highest BCUT2D eigenvalue weighted by Gasteiger charge is 2.72. The van der Waals surface area contributed by atoms with Gasteiger partial charge in [-0.25, -0.2) is 4.79 Å². The Morgan fingerprint density at radius 2 is 2.03 bits per heavy atom. The van der Waals surface area contributed by atoms with Gasteiger partial charge >= 0.3 is 6.09 Å². The Hall–Kier alpha value is -2.09. The molecule has 2 saturated heterocycles. The fourth-order valence-electron chi connectivity index (χ4n) is 5.24. The molecule has 7 nitrogen and oxygen atoms in total. The van der Waals surface area contributed by atoms with E-state index < -0.39 is 6.09 Å². The Bertz CT molecular complexity index is 846. The number of amides is 1. The van der Waals surface area contributed by atoms with Gasteiger partial charge in [0.05, 0.1) is 18.6 Å². The van der Waals surface area contributed by atoms with Crippen LogP contribution in [0.25, 0.3) is 0 Å². The maximum atomic E-state index is 12.5. The minimum atomic E-state index is -0.415. The maximum absolute atomic E-state index is 12.5. The van der Waals surface area contributed by atoms with E-state index in [-0.39, 0.29) is 35.4 Å². The topological polar surface area (TPSA) is 98.6 Å². The first kappa shape index (κ1) is 23.1. The normalized spacial score (nSPS) is 35.2. The van der Waals surface area contributed by atoms with Gasteiger partial charge in [0, 0.05) is 19.3 Å². The van der Waals surface area contributed by atoms with E-state index in [0.29, 0.717) is 19.6 Å². The molecular formula is C25H36N2O5. The second kappa shape index (κ2) is 9.04. The second-order valence-electron chi connectivity index (χ2n) is 9.74. The van der Waals surface area contributed by atoms with Crippen LogP contribution in [0.2, 0.25) is 0 Å². The molecule has 2 heterocycles. The lowest BCUT2D eigenvalue weighted by Gasteiger charge is -2.42. The number of nitrogens with one attached hydrogen (secondary N) is 1. The van der Waals surface area contributed by atoms with E-state index >= 15 is 0 Å². The number of hydrogen-bond donors (Lipinski definition) is 2. The Morgan fingerprint density at radius 1 is 1.31 bits per heavy atom. The Balaban J connectivity index is 1.35. The number of hydrogen-bond acceptors (Lipinski definition) is 6. The zero-order valence-corrected chi connectivity index (χ0v) is 19.6. The van der Waals surface area contributed by atoms with Gasteiger partial charge in [0.1, 0.15) is 23.4 Å². The van der Waals surface area contributed by atoms with Gasteiger partial charge in [0.25, 0.3) is 0 Å². The number of epoxide rings is 2. The molecule has 3 N–H and O–H groups in total. The molecule has 1 aromatic carbocycles. The van der Waals surface area contributed by atoms with E-state index in [4.69, 9.17) is 24.7 Å². The summed E-state index contributed by atoms with van der Waals surface area (Å²) in [5.41, 5.74) is 8.28. The number of methoxy groups -OCH3 is 1. The van der Waals surface area contributed by atoms with Gasteiger partial charge in [-0.05, 0) is 64.2 Å². The summed E-state index contributed by atoms with van der Waals surface area (Å²) < 4.78 is 23.9. The molecule has 176 valence electrons. The summed E-state index contributed by atoms with van der Waals surface area (Å²) in [5, 5.41) is 2.87. The standard InChI is InChI=1S/C25H36N2O5/c1-16(2)5-10-20-24(3,32-20)22-21(29-4)19(11-13-25(22)15-30-25)31-23(28)27-14-12-17-6-8-18(26)9-7-17/h5-9,19-22H,10-15,26H2,1-4H3,(H,27,28)/t19-,20-,21-,22-,24?,25+/m1/s1. The van der Waals surface area contributed by atoms with Crippen LogP contribution in [-0.2, 0) is 25.4 Å². The Labute approximate surface area is 190 Å². The van der Waals surface area contributed by atoms with Crippen LogP contribution in [0.5, 0.6) is 0 Å². The fourth-order valence-corrected chi connectivity index (χ4v) is 5.24. The molecule has 1 aromatic rings. The molecule has 3 aliphatic rings. The average Bonchev–Trinajstić information content (AvgIpc) is 3.66. The quantitative estimate of drug-likeness (QED) is 0.361. The number of nitrogens with two attached hydrogens (primary N) is 1. The molecule has 6 atom stereocenters. The number of ether oxygens (including phenoxy) is 4. The fraction of sp³-hybridized carbons (Fsp3) is 0.640. The Kier molecular flexibility index (Phi) is 6.52. The van der Waals surface area contributed by atoms with Crippen molar-refractivity contribution in [1.29, 1.82) is 0 Å². The molecule has 4 rings (SSSR count). The number of benzene rings is 1. The molecule has 0 radical (unpaired) electrons. The molecule has 32 heavy (non-hydrogen) atoms. The van der Waals surface area contributed by atoms with Crippen LogP contribution in [-0.4, -0.2) is 55.9 Å². The molecule has 1 unspecified atom stereocenters. The summed E-state index contributed by atoms with van der Waals surface area (Å²) in [7, 11) is 1.69. The van der Waals surface area contributed by atoms with E-state index in [0.717, 1.165) is 30.5 Å². The van der Waals surface area contributed by atoms with Crippen LogP contribution in [0, 0.1) is 5.92 Å². The van der Waals surface area contributed by atoms with Crippen molar-refractivity contribution >= 4 is 11.8 Å². The second-order valence-corrected chi connectivity index (χ2v) is 9.74. The lowest BCUT2D eigenvalue weighted by Crippen LogP contribution is -2.56. The number of rotatable bonds is 8. The molecule has 7 heteroatoms. The third-order valence-electron chi connectivity index (χ3n) is 7.16. The minimum absolute atomic E-state index is 0.0249. The van der Waals surface area contributed by atoms with E-state index in [1.165, 1.54) is 5.57 Å². The lowest BCUT2D eigenvalue weighted by molar-refractivity contribution is -0.118. The smallest absolute Gasteiger partial charge is 0.407 e. The summed E-state index contributed by atoms with van der Waals surface area (Å²) in [5.74, 6) is 0.0249. The molecular weight excluding hydrogens is 408 g/mol. The lowest BCUT2D eigenvalue weighted by atomic mass is 9.68. The van der Waals surface area contributed by atoms with Gasteiger partial charge in [0.2, 0.25) is 0 Å². The SMILES string of the molecule is CO[C@H]1[C@H](C2(C)O[C@@H]2CC=C(C)C)[C@]2(CC[C@H]1OC(=O)NCCc1ccc(N)cc1)CO2. The van der Waals surface area contributed by atoms with Gasteiger partial charge in [-0.3, -0.25) is 0 Å². The van der Waals surface area contributed by atoms with E-state index in [1.807, 2.05) is 24.3 Å². The van der Waals surface area contributed by atoms with Crippen molar-refractivity contribution in [3.05, 3.63) is 41.5 Å². The van der Waals surface area contributed by atoms with Crippen LogP contribution in [0.1, 0.15) is 45.6 Å². The number of nitrogen functional groups attached to an aromatic ring is 1. The van der Waals surface area contributed by atoms with Gasteiger partial charge in [0.15, 0.2) is 0 Å². The number of carbonyl (C=O) groups is 1. The van der Waals surface area contributed by atoms with Crippen LogP contribution < -0.4 is 11.1 Å². The predicted octanol–water partition coefficient (Wildman–Crippen LogP) is 3.61. The largest absolute Gasteiger partial charge is 0.443 e. The molecule has 0 aromatic heterocycles. The van der Waals surface area contributed by atoms with Crippen LogP contribution in [0.15, 0.2) is 35.9 Å². The number of anilines is 1. The monoisotopic (exact) mass is 444 g/mol. The van der Waals surface area contributed by atoms with Crippen LogP contribution in [0.4, 0.5) is 10.5 Å². The van der Waals surface area contributed by atoms with Crippen molar-refractivity contribution in [1.82, 2.24) is 5.32 Å². The molecule has 0 bridgehead atoms. The van der Waals surface area contributed by atoms with Crippen molar-refractivity contribution in [2.75, 3.05) is 26.0 Å². The van der Waals surface area contributed by atoms with Crippen molar-refractivity contribution in [3.63, 3.8) is 0 Å². The average molecular weight is 445 g/mol. The first-order chi connectivity index (χ1) is 15.3. The number of allylic oxidation sites excluding steroid dienone is 1. The van der Waals surface area contributed by atoms with Crippen molar-refractivity contribution in [3.8, 4) is 0 Å². The summed E-state index contributed by atoms with van der Waals surface area (Å²) in [6.07, 6.45) is 4.48. The zero-order valence-electron chi connectivity index (χ0n) is 19.6. The minimum Gasteiger partial charge on any atom is -0.443 e. The molecule has 1 aliphatic carbocycles. The molecule has 2 aliphatic heterocycles. The number of carbonyl (C=O) groups excluding carboxylic acids is 1. The maximum Gasteiger partial charge on any atom is 0.407 e. The van der Waals surface area contributed by atoms with E-state index in [1.54, 1.807) is 7.11 Å². The molecule has 1 spiro atoms. The summed E-state index contributed by atoms with van der Waals surface area (Å²) in [4.78, 5) is 12.5. The summed E-state index contributed by atoms with van der Waals surface area (Å²) in [6.45, 7) is 7.55. The third-order valence-corrected chi connectivity index (χ3v) is 7.16. The Morgan fingerprint density at radius 3 is 2.66 bits per heavy atom. The first-order valence-electron chi connectivity index (χ1n) is 11.5.